The van der Waals surface area contributed by atoms with Crippen LogP contribution in [-0.2, 0) is 4.79 Å². The molecular weight excluding hydrogens is 184 g/mol. The highest BCUT2D eigenvalue weighted by molar-refractivity contribution is 7.80. The maximum Gasteiger partial charge on any atom is 0.219 e. The minimum absolute atomic E-state index is 0.102. The lowest BCUT2D eigenvalue weighted by Gasteiger charge is -2.20. The van der Waals surface area contributed by atoms with Gasteiger partial charge in [-0.1, -0.05) is 25.6 Å². The largest absolute Gasteiger partial charge is 0.393 e. The van der Waals surface area contributed by atoms with E-state index in [4.69, 9.17) is 18.0 Å². The maximum absolute atomic E-state index is 11.1. The number of carbonyl (C=O) groups excluding carboxylic acids is 1. The van der Waals surface area contributed by atoms with Crippen LogP contribution in [0.5, 0.6) is 0 Å². The van der Waals surface area contributed by atoms with Crippen molar-refractivity contribution in [1.29, 1.82) is 0 Å². The van der Waals surface area contributed by atoms with E-state index in [1.54, 1.807) is 11.8 Å². The van der Waals surface area contributed by atoms with Crippen molar-refractivity contribution in [2.24, 2.45) is 5.73 Å². The summed E-state index contributed by atoms with van der Waals surface area (Å²) in [5.41, 5.74) is 5.36. The van der Waals surface area contributed by atoms with Crippen LogP contribution in [-0.4, -0.2) is 28.9 Å². The molecule has 3 nitrogen and oxygen atoms in total. The predicted octanol–water partition coefficient (Wildman–Crippen LogP) is 1.31. The zero-order valence-electron chi connectivity index (χ0n) is 8.38. The third kappa shape index (κ3) is 6.51. The first-order chi connectivity index (χ1) is 6.07. The number of nitrogens with zero attached hydrogens (tertiary/aromatic N) is 1. The number of unbranched alkanes of at least 4 members (excludes halogenated alkanes) is 1. The van der Waals surface area contributed by atoms with Crippen molar-refractivity contribution in [1.82, 2.24) is 4.90 Å². The van der Waals surface area contributed by atoms with E-state index in [9.17, 15) is 4.79 Å². The standard InChI is InChI=1S/C9H18N2OS/c1-3-4-6-11(8(2)12)7-5-9(10)13/h3-7H2,1-2H3,(H2,10,13). The van der Waals surface area contributed by atoms with Crippen molar-refractivity contribution in [3.63, 3.8) is 0 Å². The molecule has 0 aromatic heterocycles. The van der Waals surface area contributed by atoms with E-state index < -0.39 is 0 Å². The summed E-state index contributed by atoms with van der Waals surface area (Å²) in [6.45, 7) is 5.15. The van der Waals surface area contributed by atoms with Gasteiger partial charge in [-0.25, -0.2) is 0 Å². The van der Waals surface area contributed by atoms with Gasteiger partial charge in [0.15, 0.2) is 0 Å². The van der Waals surface area contributed by atoms with E-state index in [1.807, 2.05) is 0 Å². The van der Waals surface area contributed by atoms with Gasteiger partial charge in [0.2, 0.25) is 5.91 Å². The molecule has 0 saturated heterocycles. The van der Waals surface area contributed by atoms with Gasteiger partial charge in [0.25, 0.3) is 0 Å². The predicted molar refractivity (Wildman–Crippen MR) is 58.6 cm³/mol. The average Bonchev–Trinajstić information content (AvgIpc) is 2.03. The van der Waals surface area contributed by atoms with Crippen molar-refractivity contribution in [2.45, 2.75) is 33.1 Å². The van der Waals surface area contributed by atoms with Gasteiger partial charge in [-0.3, -0.25) is 4.79 Å². The van der Waals surface area contributed by atoms with Crippen LogP contribution in [0.15, 0.2) is 0 Å². The summed E-state index contributed by atoms with van der Waals surface area (Å²) in [7, 11) is 0. The Kier molecular flexibility index (Phi) is 6.49. The molecule has 1 amide bonds. The zero-order valence-corrected chi connectivity index (χ0v) is 9.19. The fourth-order valence-corrected chi connectivity index (χ4v) is 1.11. The van der Waals surface area contributed by atoms with Crippen molar-refractivity contribution < 1.29 is 4.79 Å². The molecule has 0 saturated carbocycles. The molecule has 0 atom stereocenters. The molecule has 0 aliphatic heterocycles. The van der Waals surface area contributed by atoms with Gasteiger partial charge in [0, 0.05) is 26.4 Å². The van der Waals surface area contributed by atoms with E-state index in [0.717, 1.165) is 19.4 Å². The van der Waals surface area contributed by atoms with Gasteiger partial charge in [-0.15, -0.1) is 0 Å². The summed E-state index contributed by atoms with van der Waals surface area (Å²) in [4.78, 5) is 13.4. The van der Waals surface area contributed by atoms with Gasteiger partial charge >= 0.3 is 0 Å². The lowest BCUT2D eigenvalue weighted by atomic mass is 10.3. The number of nitrogens with two attached hydrogens (primary N) is 1. The number of rotatable bonds is 6. The molecule has 0 bridgehead atoms. The first kappa shape index (κ1) is 12.4. The first-order valence-corrected chi connectivity index (χ1v) is 5.02. The molecule has 0 fully saturated rings. The summed E-state index contributed by atoms with van der Waals surface area (Å²) in [5, 5.41) is 0. The van der Waals surface area contributed by atoms with Crippen LogP contribution in [0.1, 0.15) is 33.1 Å². The molecule has 0 aromatic carbocycles. The van der Waals surface area contributed by atoms with Crippen LogP contribution in [0.2, 0.25) is 0 Å². The van der Waals surface area contributed by atoms with E-state index in [-0.39, 0.29) is 5.91 Å². The third-order valence-electron chi connectivity index (χ3n) is 1.86. The molecule has 13 heavy (non-hydrogen) atoms. The summed E-state index contributed by atoms with van der Waals surface area (Å²) in [5.74, 6) is 0.102. The van der Waals surface area contributed by atoms with Crippen molar-refractivity contribution in [3.8, 4) is 0 Å². The van der Waals surface area contributed by atoms with Crippen LogP contribution in [0.4, 0.5) is 0 Å². The highest BCUT2D eigenvalue weighted by Crippen LogP contribution is 1.97. The Labute approximate surface area is 85.3 Å². The summed E-state index contributed by atoms with van der Waals surface area (Å²) in [6.07, 6.45) is 2.76. The number of carbonyl (C=O) groups is 1. The first-order valence-electron chi connectivity index (χ1n) is 4.61. The molecule has 0 aliphatic rings. The third-order valence-corrected chi connectivity index (χ3v) is 2.06. The Hall–Kier alpha value is -0.640. The highest BCUT2D eigenvalue weighted by atomic mass is 32.1. The Morgan fingerprint density at radius 2 is 2.08 bits per heavy atom. The van der Waals surface area contributed by atoms with Crippen LogP contribution >= 0.6 is 12.2 Å². The average molecular weight is 202 g/mol. The SMILES string of the molecule is CCCCN(CCC(N)=S)C(C)=O. The topological polar surface area (TPSA) is 46.3 Å². The van der Waals surface area contributed by atoms with Crippen molar-refractivity contribution >= 4 is 23.1 Å². The van der Waals surface area contributed by atoms with Gasteiger partial charge in [0.05, 0.1) is 4.99 Å². The Morgan fingerprint density at radius 3 is 2.46 bits per heavy atom. The second-order valence-corrected chi connectivity index (χ2v) is 3.60. The molecule has 0 aliphatic carbocycles. The second-order valence-electron chi connectivity index (χ2n) is 3.08. The molecule has 0 radical (unpaired) electrons. The van der Waals surface area contributed by atoms with Gasteiger partial charge in [0.1, 0.15) is 0 Å². The van der Waals surface area contributed by atoms with Crippen molar-refractivity contribution in [3.05, 3.63) is 0 Å². The molecule has 0 aromatic rings. The fourth-order valence-electron chi connectivity index (χ4n) is 1.02. The van der Waals surface area contributed by atoms with Gasteiger partial charge < -0.3 is 10.6 Å². The van der Waals surface area contributed by atoms with E-state index in [2.05, 4.69) is 6.92 Å². The Morgan fingerprint density at radius 1 is 1.46 bits per heavy atom. The zero-order chi connectivity index (χ0) is 10.3. The lowest BCUT2D eigenvalue weighted by Crippen LogP contribution is -2.32. The van der Waals surface area contributed by atoms with Crippen LogP contribution in [0.3, 0.4) is 0 Å². The molecule has 76 valence electrons. The Balaban J connectivity index is 3.80. The Bertz CT molecular complexity index is 182. The molecule has 2 N–H and O–H groups in total. The van der Waals surface area contributed by atoms with Crippen LogP contribution in [0, 0.1) is 0 Å². The smallest absolute Gasteiger partial charge is 0.219 e. The highest BCUT2D eigenvalue weighted by Gasteiger charge is 2.07. The number of hydrogen-bond donors (Lipinski definition) is 1. The lowest BCUT2D eigenvalue weighted by molar-refractivity contribution is -0.128. The maximum atomic E-state index is 11.1. The summed E-state index contributed by atoms with van der Waals surface area (Å²) < 4.78 is 0. The quantitative estimate of drug-likeness (QED) is 0.661. The van der Waals surface area contributed by atoms with Gasteiger partial charge in [-0.05, 0) is 6.42 Å². The number of amides is 1. The van der Waals surface area contributed by atoms with Crippen LogP contribution < -0.4 is 5.73 Å². The van der Waals surface area contributed by atoms with Gasteiger partial charge in [-0.2, -0.15) is 0 Å². The monoisotopic (exact) mass is 202 g/mol. The summed E-state index contributed by atoms with van der Waals surface area (Å²) in [6, 6.07) is 0. The molecule has 0 heterocycles. The molecule has 0 spiro atoms. The molecular formula is C9H18N2OS. The normalized spacial score (nSPS) is 9.69. The molecule has 0 unspecified atom stereocenters. The van der Waals surface area contributed by atoms with Crippen LogP contribution in [0.25, 0.3) is 0 Å². The fraction of sp³-hybridized carbons (Fsp3) is 0.778. The number of thiocarbonyl (C=S) groups is 1. The minimum Gasteiger partial charge on any atom is -0.393 e. The van der Waals surface area contributed by atoms with E-state index in [0.29, 0.717) is 18.0 Å². The second kappa shape index (κ2) is 6.83. The molecule has 4 heteroatoms. The van der Waals surface area contributed by atoms with E-state index >= 15 is 0 Å². The van der Waals surface area contributed by atoms with E-state index in [1.165, 1.54) is 0 Å². The number of hydrogen-bond acceptors (Lipinski definition) is 2. The van der Waals surface area contributed by atoms with Crippen molar-refractivity contribution in [2.75, 3.05) is 13.1 Å². The minimum atomic E-state index is 0.102. The molecule has 0 rings (SSSR count). The summed E-state index contributed by atoms with van der Waals surface area (Å²) >= 11 is 4.75.